The van der Waals surface area contributed by atoms with Crippen LogP contribution in [0.15, 0.2) is 93.8 Å². The van der Waals surface area contributed by atoms with E-state index >= 15 is 0 Å². The van der Waals surface area contributed by atoms with E-state index in [2.05, 4.69) is 15.5 Å². The fourth-order valence-electron chi connectivity index (χ4n) is 3.60. The molecule has 0 unspecified atom stereocenters. The molecule has 0 aliphatic heterocycles. The van der Waals surface area contributed by atoms with Crippen molar-refractivity contribution < 1.29 is 17.9 Å². The van der Waals surface area contributed by atoms with E-state index in [4.69, 9.17) is 16.3 Å². The zero-order valence-electron chi connectivity index (χ0n) is 20.7. The van der Waals surface area contributed by atoms with Crippen LogP contribution in [0.2, 0.25) is 5.15 Å². The van der Waals surface area contributed by atoms with Crippen LogP contribution in [0, 0.1) is 0 Å². The van der Waals surface area contributed by atoms with Gasteiger partial charge in [0.25, 0.3) is 15.9 Å². The third-order valence-electron chi connectivity index (χ3n) is 5.47. The Labute approximate surface area is 230 Å². The van der Waals surface area contributed by atoms with Crippen LogP contribution in [0.25, 0.3) is 10.9 Å². The molecule has 8 nitrogen and oxygen atoms in total. The molecule has 1 N–H and O–H groups in total. The lowest BCUT2D eigenvalue weighted by Crippen LogP contribution is -2.39. The van der Waals surface area contributed by atoms with E-state index in [0.717, 1.165) is 20.1 Å². The summed E-state index contributed by atoms with van der Waals surface area (Å²) in [6.07, 6.45) is 3.28. The lowest BCUT2D eigenvalue weighted by molar-refractivity contribution is -0.119. The summed E-state index contributed by atoms with van der Waals surface area (Å²) >= 11 is 7.76. The van der Waals surface area contributed by atoms with E-state index in [0.29, 0.717) is 23.6 Å². The van der Waals surface area contributed by atoms with Crippen LogP contribution in [-0.2, 0) is 14.8 Å². The minimum atomic E-state index is -4.07. The lowest BCUT2D eigenvalue weighted by Gasteiger charge is -2.24. The fraction of sp³-hybridized carbons (Fsp3) is 0.148. The third-order valence-corrected chi connectivity index (χ3v) is 8.30. The first kappa shape index (κ1) is 27.4. The predicted octanol–water partition coefficient (Wildman–Crippen LogP) is 5.35. The molecule has 0 bridgehead atoms. The van der Waals surface area contributed by atoms with Gasteiger partial charge in [-0.05, 0) is 73.8 Å². The molecule has 0 fully saturated rings. The number of anilines is 1. The molecule has 4 aromatic rings. The van der Waals surface area contributed by atoms with E-state index < -0.39 is 22.5 Å². The van der Waals surface area contributed by atoms with Crippen LogP contribution in [0.1, 0.15) is 12.5 Å². The van der Waals surface area contributed by atoms with Gasteiger partial charge in [0.2, 0.25) is 0 Å². The Hall–Kier alpha value is -3.60. The molecule has 3 aromatic carbocycles. The Morgan fingerprint density at radius 2 is 1.82 bits per heavy atom. The maximum atomic E-state index is 13.6. The second-order valence-corrected chi connectivity index (χ2v) is 11.1. The number of aromatic nitrogens is 1. The highest BCUT2D eigenvalue weighted by Gasteiger charge is 2.27. The van der Waals surface area contributed by atoms with Crippen molar-refractivity contribution in [3.8, 4) is 5.75 Å². The summed E-state index contributed by atoms with van der Waals surface area (Å²) < 4.78 is 33.7. The number of ether oxygens (including phenoxy) is 1. The van der Waals surface area contributed by atoms with E-state index in [1.165, 1.54) is 30.1 Å². The summed E-state index contributed by atoms with van der Waals surface area (Å²) in [6.45, 7) is 1.83. The van der Waals surface area contributed by atoms with Gasteiger partial charge >= 0.3 is 0 Å². The molecule has 0 aliphatic carbocycles. The van der Waals surface area contributed by atoms with Gasteiger partial charge in [-0.3, -0.25) is 9.10 Å². The monoisotopic (exact) mass is 568 g/mol. The summed E-state index contributed by atoms with van der Waals surface area (Å²) in [5.41, 5.74) is 3.95. The predicted molar refractivity (Wildman–Crippen MR) is 153 cm³/mol. The van der Waals surface area contributed by atoms with Gasteiger partial charge in [-0.1, -0.05) is 29.8 Å². The lowest BCUT2D eigenvalue weighted by atomic mass is 10.2. The minimum absolute atomic E-state index is 0.0644. The van der Waals surface area contributed by atoms with Crippen molar-refractivity contribution in [1.82, 2.24) is 10.4 Å². The second kappa shape index (κ2) is 12.3. The number of rotatable bonds is 10. The first-order valence-electron chi connectivity index (χ1n) is 11.6. The Morgan fingerprint density at radius 3 is 2.50 bits per heavy atom. The normalized spacial score (nSPS) is 11.6. The Balaban J connectivity index is 1.57. The maximum absolute atomic E-state index is 13.6. The van der Waals surface area contributed by atoms with E-state index in [-0.39, 0.29) is 10.0 Å². The number of para-hydroxylation sites is 1. The molecule has 1 heterocycles. The van der Waals surface area contributed by atoms with E-state index in [1.807, 2.05) is 37.4 Å². The number of sulfonamides is 1. The molecule has 38 heavy (non-hydrogen) atoms. The number of hydrogen-bond acceptors (Lipinski definition) is 7. The van der Waals surface area contributed by atoms with Crippen LogP contribution in [0.3, 0.4) is 0 Å². The second-order valence-electron chi connectivity index (χ2n) is 7.97. The molecule has 0 radical (unpaired) electrons. The highest BCUT2D eigenvalue weighted by molar-refractivity contribution is 7.98. The highest BCUT2D eigenvalue weighted by Crippen LogP contribution is 2.27. The fourth-order valence-corrected chi connectivity index (χ4v) is 5.63. The van der Waals surface area contributed by atoms with Gasteiger partial charge < -0.3 is 4.74 Å². The third kappa shape index (κ3) is 6.45. The molecule has 196 valence electrons. The summed E-state index contributed by atoms with van der Waals surface area (Å²) in [4.78, 5) is 18.2. The van der Waals surface area contributed by atoms with E-state index in [1.54, 1.807) is 42.5 Å². The van der Waals surface area contributed by atoms with Gasteiger partial charge in [-0.25, -0.2) is 18.8 Å². The zero-order chi connectivity index (χ0) is 27.1. The van der Waals surface area contributed by atoms with Crippen molar-refractivity contribution in [2.45, 2.75) is 16.7 Å². The van der Waals surface area contributed by atoms with Gasteiger partial charge in [0.05, 0.1) is 28.9 Å². The first-order chi connectivity index (χ1) is 18.3. The molecule has 1 amide bonds. The minimum Gasteiger partial charge on any atom is -0.494 e. The van der Waals surface area contributed by atoms with Crippen LogP contribution >= 0.6 is 23.4 Å². The zero-order valence-corrected chi connectivity index (χ0v) is 23.1. The summed E-state index contributed by atoms with van der Waals surface area (Å²) in [6, 6.07) is 22.3. The Morgan fingerprint density at radius 1 is 1.11 bits per heavy atom. The van der Waals surface area contributed by atoms with Gasteiger partial charge in [0, 0.05) is 15.8 Å². The van der Waals surface area contributed by atoms with Crippen LogP contribution in [-0.4, -0.2) is 44.9 Å². The molecule has 11 heteroatoms. The van der Waals surface area contributed by atoms with Gasteiger partial charge in [-0.15, -0.1) is 11.8 Å². The Kier molecular flexibility index (Phi) is 8.88. The quantitative estimate of drug-likeness (QED) is 0.120. The maximum Gasteiger partial charge on any atom is 0.264 e. The molecular weight excluding hydrogens is 544 g/mol. The number of thioether (sulfide) groups is 1. The van der Waals surface area contributed by atoms with Crippen molar-refractivity contribution in [2.75, 3.05) is 23.7 Å². The number of nitrogens with zero attached hydrogens (tertiary/aromatic N) is 3. The van der Waals surface area contributed by atoms with Gasteiger partial charge in [0.1, 0.15) is 17.4 Å². The molecule has 4 rings (SSSR count). The summed E-state index contributed by atoms with van der Waals surface area (Å²) in [5, 5.41) is 5.07. The molecule has 0 spiro atoms. The number of hydrogen-bond donors (Lipinski definition) is 1. The topological polar surface area (TPSA) is 101 Å². The number of halogens is 1. The SMILES string of the molecule is CCOc1ccc(N(CC(=O)NN=Cc2cc3ccccc3nc2Cl)S(=O)(=O)c2ccc(SC)cc2)cc1. The molecule has 0 saturated heterocycles. The average Bonchev–Trinajstić information content (AvgIpc) is 2.92. The van der Waals surface area contributed by atoms with Crippen LogP contribution in [0.4, 0.5) is 5.69 Å². The number of carbonyl (C=O) groups is 1. The van der Waals surface area contributed by atoms with Crippen molar-refractivity contribution in [3.05, 3.63) is 89.6 Å². The number of pyridine rings is 1. The number of hydrazone groups is 1. The average molecular weight is 569 g/mol. The van der Waals surface area contributed by atoms with E-state index in [9.17, 15) is 13.2 Å². The molecular formula is C27H25ClN4O4S2. The molecule has 1 aromatic heterocycles. The number of benzene rings is 3. The largest absolute Gasteiger partial charge is 0.494 e. The van der Waals surface area contributed by atoms with Crippen LogP contribution in [0.5, 0.6) is 5.75 Å². The summed E-state index contributed by atoms with van der Waals surface area (Å²) in [5.74, 6) is -0.0443. The first-order valence-corrected chi connectivity index (χ1v) is 14.6. The van der Waals surface area contributed by atoms with Gasteiger partial charge in [0.15, 0.2) is 0 Å². The molecule has 0 atom stereocenters. The standard InChI is InChI=1S/C27H25ClN4O4S2/c1-3-36-22-10-8-21(9-11-22)32(38(34,35)24-14-12-23(37-2)13-15-24)18-26(33)31-29-17-20-16-19-6-4-5-7-25(19)30-27(20)28/h4-17H,3,18H2,1-2H3,(H,31,33). The Bertz CT molecular complexity index is 1560. The van der Waals surface area contributed by atoms with Gasteiger partial charge in [-0.2, -0.15) is 5.10 Å². The number of carbonyl (C=O) groups excluding carboxylic acids is 1. The number of fused-ring (bicyclic) bond motifs is 1. The van der Waals surface area contributed by atoms with Crippen molar-refractivity contribution >= 4 is 62.1 Å². The van der Waals surface area contributed by atoms with Crippen molar-refractivity contribution in [2.24, 2.45) is 5.10 Å². The molecule has 0 saturated carbocycles. The number of amides is 1. The molecule has 0 aliphatic rings. The number of nitrogens with one attached hydrogen (secondary N) is 1. The highest BCUT2D eigenvalue weighted by atomic mass is 35.5. The van der Waals surface area contributed by atoms with Crippen LogP contribution < -0.4 is 14.5 Å². The summed E-state index contributed by atoms with van der Waals surface area (Å²) in [7, 11) is -4.07. The van der Waals surface area contributed by atoms with Crippen molar-refractivity contribution in [3.63, 3.8) is 0 Å². The smallest absolute Gasteiger partial charge is 0.264 e. The van der Waals surface area contributed by atoms with Crippen molar-refractivity contribution in [1.29, 1.82) is 0 Å².